The van der Waals surface area contributed by atoms with Crippen LogP contribution in [0.5, 0.6) is 0 Å². The smallest absolute Gasteiger partial charge is 0.255 e. The van der Waals surface area contributed by atoms with Crippen LogP contribution in [0, 0.1) is 0 Å². The molecule has 1 amide bonds. The summed E-state index contributed by atoms with van der Waals surface area (Å²) in [5, 5.41) is 3.07. The van der Waals surface area contributed by atoms with Gasteiger partial charge in [-0.3, -0.25) is 9.69 Å². The number of rotatable bonds is 6. The highest BCUT2D eigenvalue weighted by atomic mass is 16.1. The number of piperidine rings is 1. The lowest BCUT2D eigenvalue weighted by molar-refractivity contribution is 0.102. The SMILES string of the molecule is CCN1CCN(c2ccc(C(=O)Nc3cccc(CN4CCCCC4)c3)cc2)CC1. The predicted molar refractivity (Wildman–Crippen MR) is 124 cm³/mol. The van der Waals surface area contributed by atoms with Gasteiger partial charge < -0.3 is 15.1 Å². The summed E-state index contributed by atoms with van der Waals surface area (Å²) in [5.41, 5.74) is 4.03. The van der Waals surface area contributed by atoms with E-state index in [0.717, 1.165) is 45.0 Å². The lowest BCUT2D eigenvalue weighted by Crippen LogP contribution is -2.46. The van der Waals surface area contributed by atoms with Gasteiger partial charge in [-0.2, -0.15) is 0 Å². The standard InChI is InChI=1S/C25H34N4O/c1-2-27-15-17-29(18-16-27)24-11-9-22(10-12-24)25(30)26-23-8-6-7-21(19-23)20-28-13-4-3-5-14-28/h6-12,19H,2-5,13-18,20H2,1H3,(H,26,30). The van der Waals surface area contributed by atoms with Gasteiger partial charge in [0.25, 0.3) is 5.91 Å². The van der Waals surface area contributed by atoms with E-state index >= 15 is 0 Å². The Kier molecular flexibility index (Phi) is 7.03. The molecule has 2 aromatic carbocycles. The van der Waals surface area contributed by atoms with Crippen molar-refractivity contribution < 1.29 is 4.79 Å². The van der Waals surface area contributed by atoms with Crippen molar-refractivity contribution in [1.82, 2.24) is 9.80 Å². The highest BCUT2D eigenvalue weighted by molar-refractivity contribution is 6.04. The van der Waals surface area contributed by atoms with Crippen molar-refractivity contribution in [3.8, 4) is 0 Å². The number of carbonyl (C=O) groups excluding carboxylic acids is 1. The molecule has 2 aliphatic rings. The summed E-state index contributed by atoms with van der Waals surface area (Å²) in [7, 11) is 0. The van der Waals surface area contributed by atoms with E-state index < -0.39 is 0 Å². The minimum Gasteiger partial charge on any atom is -0.369 e. The number of likely N-dealkylation sites (N-methyl/N-ethyl adjacent to an activating group) is 1. The summed E-state index contributed by atoms with van der Waals surface area (Å²) in [6, 6.07) is 16.3. The first-order chi connectivity index (χ1) is 14.7. The Balaban J connectivity index is 1.34. The Morgan fingerprint density at radius 2 is 1.60 bits per heavy atom. The summed E-state index contributed by atoms with van der Waals surface area (Å²) in [4.78, 5) is 20.1. The van der Waals surface area contributed by atoms with Gasteiger partial charge in [0, 0.05) is 49.7 Å². The Bertz CT molecular complexity index is 821. The zero-order chi connectivity index (χ0) is 20.8. The third-order valence-corrected chi connectivity index (χ3v) is 6.35. The topological polar surface area (TPSA) is 38.8 Å². The van der Waals surface area contributed by atoms with E-state index in [0.29, 0.717) is 5.56 Å². The molecule has 5 nitrogen and oxygen atoms in total. The van der Waals surface area contributed by atoms with E-state index in [4.69, 9.17) is 0 Å². The Morgan fingerprint density at radius 3 is 2.30 bits per heavy atom. The predicted octanol–water partition coefficient (Wildman–Crippen LogP) is 4.07. The summed E-state index contributed by atoms with van der Waals surface area (Å²) in [6.45, 7) is 10.9. The Labute approximate surface area is 180 Å². The average molecular weight is 407 g/mol. The fourth-order valence-electron chi connectivity index (χ4n) is 4.47. The van der Waals surface area contributed by atoms with E-state index in [-0.39, 0.29) is 5.91 Å². The molecule has 1 N–H and O–H groups in total. The molecule has 2 heterocycles. The van der Waals surface area contributed by atoms with Crippen molar-refractivity contribution >= 4 is 17.3 Å². The van der Waals surface area contributed by atoms with Crippen molar-refractivity contribution in [1.29, 1.82) is 0 Å². The maximum atomic E-state index is 12.7. The monoisotopic (exact) mass is 406 g/mol. The highest BCUT2D eigenvalue weighted by Crippen LogP contribution is 2.20. The first-order valence-electron chi connectivity index (χ1n) is 11.4. The fourth-order valence-corrected chi connectivity index (χ4v) is 4.47. The van der Waals surface area contributed by atoms with Crippen molar-refractivity contribution in [2.75, 3.05) is 56.0 Å². The molecule has 30 heavy (non-hydrogen) atoms. The fraction of sp³-hybridized carbons (Fsp3) is 0.480. The van der Waals surface area contributed by atoms with Crippen molar-refractivity contribution in [2.45, 2.75) is 32.7 Å². The molecule has 0 spiro atoms. The van der Waals surface area contributed by atoms with E-state index in [2.05, 4.69) is 51.2 Å². The van der Waals surface area contributed by atoms with E-state index in [9.17, 15) is 4.79 Å². The molecule has 2 aliphatic heterocycles. The van der Waals surface area contributed by atoms with Gasteiger partial charge in [0.05, 0.1) is 0 Å². The molecule has 5 heteroatoms. The van der Waals surface area contributed by atoms with Gasteiger partial charge >= 0.3 is 0 Å². The van der Waals surface area contributed by atoms with Crippen LogP contribution in [0.4, 0.5) is 11.4 Å². The average Bonchev–Trinajstić information content (AvgIpc) is 2.80. The Hall–Kier alpha value is -2.37. The van der Waals surface area contributed by atoms with Gasteiger partial charge in [0.15, 0.2) is 0 Å². The maximum Gasteiger partial charge on any atom is 0.255 e. The number of hydrogen-bond donors (Lipinski definition) is 1. The molecule has 0 unspecified atom stereocenters. The number of likely N-dealkylation sites (tertiary alicyclic amines) is 1. The van der Waals surface area contributed by atoms with Crippen LogP contribution in [-0.4, -0.2) is 61.5 Å². The summed E-state index contributed by atoms with van der Waals surface area (Å²) in [6.07, 6.45) is 3.93. The number of carbonyl (C=O) groups is 1. The van der Waals surface area contributed by atoms with Crippen LogP contribution in [0.2, 0.25) is 0 Å². The molecule has 2 saturated heterocycles. The number of anilines is 2. The number of hydrogen-bond acceptors (Lipinski definition) is 4. The second-order valence-electron chi connectivity index (χ2n) is 8.46. The third kappa shape index (κ3) is 5.41. The second-order valence-corrected chi connectivity index (χ2v) is 8.46. The van der Waals surface area contributed by atoms with Crippen molar-refractivity contribution in [3.05, 3.63) is 59.7 Å². The molecule has 0 bridgehead atoms. The second kappa shape index (κ2) is 10.1. The van der Waals surface area contributed by atoms with Crippen LogP contribution >= 0.6 is 0 Å². The summed E-state index contributed by atoms with van der Waals surface area (Å²) < 4.78 is 0. The normalized spacial score (nSPS) is 18.4. The highest BCUT2D eigenvalue weighted by Gasteiger charge is 2.16. The van der Waals surface area contributed by atoms with Crippen LogP contribution in [0.15, 0.2) is 48.5 Å². The van der Waals surface area contributed by atoms with Crippen LogP contribution < -0.4 is 10.2 Å². The maximum absolute atomic E-state index is 12.7. The van der Waals surface area contributed by atoms with Crippen molar-refractivity contribution in [3.63, 3.8) is 0 Å². The molecule has 0 radical (unpaired) electrons. The quantitative estimate of drug-likeness (QED) is 0.785. The molecule has 160 valence electrons. The molecule has 0 saturated carbocycles. The number of benzene rings is 2. The molecule has 2 fully saturated rings. The van der Waals surface area contributed by atoms with E-state index in [1.165, 1.54) is 43.6 Å². The first-order valence-corrected chi connectivity index (χ1v) is 11.4. The molecule has 0 aromatic heterocycles. The Morgan fingerprint density at radius 1 is 0.867 bits per heavy atom. The first kappa shape index (κ1) is 20.9. The zero-order valence-corrected chi connectivity index (χ0v) is 18.1. The number of amides is 1. The van der Waals surface area contributed by atoms with Gasteiger partial charge in [-0.15, -0.1) is 0 Å². The van der Waals surface area contributed by atoms with Crippen LogP contribution in [0.25, 0.3) is 0 Å². The third-order valence-electron chi connectivity index (χ3n) is 6.35. The van der Waals surface area contributed by atoms with Gasteiger partial charge in [0.1, 0.15) is 0 Å². The lowest BCUT2D eigenvalue weighted by atomic mass is 10.1. The van der Waals surface area contributed by atoms with Crippen LogP contribution in [-0.2, 0) is 6.54 Å². The zero-order valence-electron chi connectivity index (χ0n) is 18.1. The minimum absolute atomic E-state index is 0.0486. The molecule has 0 aliphatic carbocycles. The number of piperazine rings is 1. The van der Waals surface area contributed by atoms with Crippen molar-refractivity contribution in [2.24, 2.45) is 0 Å². The van der Waals surface area contributed by atoms with E-state index in [1.54, 1.807) is 0 Å². The molecular formula is C25H34N4O. The summed E-state index contributed by atoms with van der Waals surface area (Å²) >= 11 is 0. The molecule has 4 rings (SSSR count). The van der Waals surface area contributed by atoms with Crippen LogP contribution in [0.1, 0.15) is 42.1 Å². The summed E-state index contributed by atoms with van der Waals surface area (Å²) in [5.74, 6) is -0.0486. The molecule has 0 atom stereocenters. The molecular weight excluding hydrogens is 372 g/mol. The largest absolute Gasteiger partial charge is 0.369 e. The number of nitrogens with zero attached hydrogens (tertiary/aromatic N) is 3. The molecule has 2 aromatic rings. The minimum atomic E-state index is -0.0486. The van der Waals surface area contributed by atoms with Crippen LogP contribution in [0.3, 0.4) is 0 Å². The van der Waals surface area contributed by atoms with Gasteiger partial charge in [0.2, 0.25) is 0 Å². The van der Waals surface area contributed by atoms with E-state index in [1.807, 2.05) is 24.3 Å². The number of nitrogens with one attached hydrogen (secondary N) is 1. The van der Waals surface area contributed by atoms with Gasteiger partial charge in [-0.25, -0.2) is 0 Å². The van der Waals surface area contributed by atoms with Gasteiger partial charge in [-0.05, 0) is 74.4 Å². The van der Waals surface area contributed by atoms with Gasteiger partial charge in [-0.1, -0.05) is 25.5 Å². The lowest BCUT2D eigenvalue weighted by Gasteiger charge is -2.35.